The average Bonchev–Trinajstić information content (AvgIpc) is 2.47. The summed E-state index contributed by atoms with van der Waals surface area (Å²) in [7, 11) is 0. The lowest BCUT2D eigenvalue weighted by Crippen LogP contribution is -2.44. The van der Waals surface area contributed by atoms with Crippen LogP contribution in [-0.4, -0.2) is 43.1 Å². The van der Waals surface area contributed by atoms with Crippen LogP contribution in [0.3, 0.4) is 0 Å². The second kappa shape index (κ2) is 7.23. The van der Waals surface area contributed by atoms with Gasteiger partial charge in [-0.15, -0.1) is 0 Å². The van der Waals surface area contributed by atoms with Gasteiger partial charge in [0.15, 0.2) is 0 Å². The topological polar surface area (TPSA) is 93.6 Å². The lowest BCUT2D eigenvalue weighted by molar-refractivity contribution is 0.0953. The minimum Gasteiger partial charge on any atom is -0.492 e. The number of amides is 1. The lowest BCUT2D eigenvalue weighted by Gasteiger charge is -2.30. The van der Waals surface area contributed by atoms with Crippen LogP contribution < -0.4 is 21.7 Å². The number of benzene rings is 1. The van der Waals surface area contributed by atoms with Gasteiger partial charge in [0.25, 0.3) is 5.91 Å². The van der Waals surface area contributed by atoms with E-state index in [2.05, 4.69) is 10.3 Å². The van der Waals surface area contributed by atoms with Gasteiger partial charge in [0.05, 0.1) is 0 Å². The Hall–Kier alpha value is -1.63. The highest BCUT2D eigenvalue weighted by atomic mass is 16.5. The summed E-state index contributed by atoms with van der Waals surface area (Å²) in [5.41, 5.74) is 8.53. The molecule has 20 heavy (non-hydrogen) atoms. The number of carbonyl (C=O) groups excluding carboxylic acids is 1. The van der Waals surface area contributed by atoms with Crippen molar-refractivity contribution in [1.82, 2.24) is 10.3 Å². The van der Waals surface area contributed by atoms with Crippen molar-refractivity contribution in [2.45, 2.75) is 18.9 Å². The Labute approximate surface area is 119 Å². The van der Waals surface area contributed by atoms with Crippen LogP contribution >= 0.6 is 0 Å². The second-order valence-electron chi connectivity index (χ2n) is 5.05. The van der Waals surface area contributed by atoms with Crippen molar-refractivity contribution in [1.29, 1.82) is 0 Å². The third-order valence-electron chi connectivity index (χ3n) is 3.45. The fourth-order valence-corrected chi connectivity index (χ4v) is 2.40. The summed E-state index contributed by atoms with van der Waals surface area (Å²) < 4.78 is 5.68. The smallest absolute Gasteiger partial charge is 0.265 e. The molecule has 1 aromatic carbocycles. The van der Waals surface area contributed by atoms with Crippen LogP contribution in [0.15, 0.2) is 24.3 Å². The first-order valence-electron chi connectivity index (χ1n) is 6.91. The largest absolute Gasteiger partial charge is 0.492 e. The molecule has 1 saturated heterocycles. The maximum Gasteiger partial charge on any atom is 0.265 e. The number of nitrogens with one attached hydrogen (secondary N) is 1. The van der Waals surface area contributed by atoms with Crippen molar-refractivity contribution < 1.29 is 9.53 Å². The molecule has 0 aromatic heterocycles. The van der Waals surface area contributed by atoms with Gasteiger partial charge in [0.1, 0.15) is 12.4 Å². The van der Waals surface area contributed by atoms with Crippen molar-refractivity contribution >= 4 is 5.91 Å². The van der Waals surface area contributed by atoms with Gasteiger partial charge in [-0.1, -0.05) is 6.07 Å². The number of hydrogen-bond donors (Lipinski definition) is 3. The van der Waals surface area contributed by atoms with E-state index in [4.69, 9.17) is 16.3 Å². The van der Waals surface area contributed by atoms with Crippen LogP contribution in [0.2, 0.25) is 0 Å². The van der Waals surface area contributed by atoms with E-state index in [9.17, 15) is 4.79 Å². The highest BCUT2D eigenvalue weighted by Gasteiger charge is 2.16. The van der Waals surface area contributed by atoms with Crippen molar-refractivity contribution in [2.75, 3.05) is 26.2 Å². The molecule has 110 valence electrons. The first kappa shape index (κ1) is 14.8. The summed E-state index contributed by atoms with van der Waals surface area (Å²) >= 11 is 0. The summed E-state index contributed by atoms with van der Waals surface area (Å²) in [5.74, 6) is 5.46. The van der Waals surface area contributed by atoms with Gasteiger partial charge in [-0.25, -0.2) is 5.84 Å². The van der Waals surface area contributed by atoms with E-state index in [1.54, 1.807) is 18.2 Å². The fourth-order valence-electron chi connectivity index (χ4n) is 2.40. The second-order valence-corrected chi connectivity index (χ2v) is 5.05. The number of hydrazine groups is 1. The fraction of sp³-hybridized carbons (Fsp3) is 0.500. The number of carbonyl (C=O) groups is 1. The van der Waals surface area contributed by atoms with Crippen LogP contribution in [0.4, 0.5) is 0 Å². The summed E-state index contributed by atoms with van der Waals surface area (Å²) in [6.45, 7) is 3.44. The van der Waals surface area contributed by atoms with Gasteiger partial charge in [0, 0.05) is 24.7 Å². The predicted molar refractivity (Wildman–Crippen MR) is 77.2 cm³/mol. The van der Waals surface area contributed by atoms with Gasteiger partial charge < -0.3 is 10.5 Å². The predicted octanol–water partition coefficient (Wildman–Crippen LogP) is 0.0920. The number of ether oxygens (including phenoxy) is 1. The van der Waals surface area contributed by atoms with Crippen LogP contribution in [0.1, 0.15) is 23.2 Å². The van der Waals surface area contributed by atoms with Crippen LogP contribution in [0.25, 0.3) is 0 Å². The molecule has 6 nitrogen and oxygen atoms in total. The molecule has 0 aliphatic carbocycles. The highest BCUT2D eigenvalue weighted by Crippen LogP contribution is 2.14. The monoisotopic (exact) mass is 278 g/mol. The van der Waals surface area contributed by atoms with E-state index in [-0.39, 0.29) is 11.9 Å². The molecule has 1 aliphatic rings. The van der Waals surface area contributed by atoms with Crippen molar-refractivity contribution in [2.24, 2.45) is 11.6 Å². The third-order valence-corrected chi connectivity index (χ3v) is 3.45. The quantitative estimate of drug-likeness (QED) is 0.403. The summed E-state index contributed by atoms with van der Waals surface area (Å²) in [4.78, 5) is 13.7. The molecule has 1 aromatic rings. The van der Waals surface area contributed by atoms with Gasteiger partial charge in [0.2, 0.25) is 0 Å². The zero-order valence-corrected chi connectivity index (χ0v) is 11.5. The standard InChI is InChI=1S/C14H22N4O2/c15-12-4-2-6-18(10-12)7-8-20-13-5-1-3-11(9-13)14(19)17-16/h1,3,5,9,12H,2,4,6-8,10,15-16H2,(H,17,19). The van der Waals surface area contributed by atoms with E-state index in [1.165, 1.54) is 0 Å². The molecule has 2 rings (SSSR count). The van der Waals surface area contributed by atoms with E-state index in [0.717, 1.165) is 32.5 Å². The molecule has 1 unspecified atom stereocenters. The van der Waals surface area contributed by atoms with E-state index >= 15 is 0 Å². The average molecular weight is 278 g/mol. The van der Waals surface area contributed by atoms with Gasteiger partial charge in [-0.05, 0) is 37.6 Å². The van der Waals surface area contributed by atoms with E-state index < -0.39 is 0 Å². The molecule has 1 heterocycles. The summed E-state index contributed by atoms with van der Waals surface area (Å²) in [5, 5.41) is 0. The number of likely N-dealkylation sites (tertiary alicyclic amines) is 1. The molecule has 1 aliphatic heterocycles. The van der Waals surface area contributed by atoms with Crippen LogP contribution in [0.5, 0.6) is 5.75 Å². The number of nitrogens with two attached hydrogens (primary N) is 2. The maximum atomic E-state index is 11.4. The van der Waals surface area contributed by atoms with Gasteiger partial charge in [-0.2, -0.15) is 0 Å². The first-order chi connectivity index (χ1) is 9.69. The van der Waals surface area contributed by atoms with E-state index in [1.807, 2.05) is 6.07 Å². The van der Waals surface area contributed by atoms with Crippen LogP contribution in [-0.2, 0) is 0 Å². The maximum absolute atomic E-state index is 11.4. The van der Waals surface area contributed by atoms with Crippen LogP contribution in [0, 0.1) is 0 Å². The molecule has 5 N–H and O–H groups in total. The first-order valence-corrected chi connectivity index (χ1v) is 6.91. The summed E-state index contributed by atoms with van der Waals surface area (Å²) in [6.07, 6.45) is 2.25. The Morgan fingerprint density at radius 2 is 2.35 bits per heavy atom. The number of nitrogen functional groups attached to an aromatic ring is 1. The minimum absolute atomic E-state index is 0.278. The number of nitrogens with zero attached hydrogens (tertiary/aromatic N) is 1. The molecule has 1 amide bonds. The molecule has 0 spiro atoms. The number of piperidine rings is 1. The molecular weight excluding hydrogens is 256 g/mol. The lowest BCUT2D eigenvalue weighted by atomic mass is 10.1. The number of hydrogen-bond acceptors (Lipinski definition) is 5. The number of rotatable bonds is 5. The Bertz CT molecular complexity index is 453. The molecule has 1 fully saturated rings. The molecule has 0 saturated carbocycles. The van der Waals surface area contributed by atoms with E-state index in [0.29, 0.717) is 17.9 Å². The van der Waals surface area contributed by atoms with Gasteiger partial charge in [-0.3, -0.25) is 15.1 Å². The SMILES string of the molecule is NNC(=O)c1cccc(OCCN2CCCC(N)C2)c1. The van der Waals surface area contributed by atoms with Crippen molar-refractivity contribution in [3.8, 4) is 5.75 Å². The Morgan fingerprint density at radius 3 is 3.10 bits per heavy atom. The van der Waals surface area contributed by atoms with Crippen molar-refractivity contribution in [3.05, 3.63) is 29.8 Å². The zero-order valence-electron chi connectivity index (χ0n) is 11.5. The Kier molecular flexibility index (Phi) is 5.34. The summed E-state index contributed by atoms with van der Waals surface area (Å²) in [6, 6.07) is 7.26. The van der Waals surface area contributed by atoms with Crippen molar-refractivity contribution in [3.63, 3.8) is 0 Å². The molecule has 1 atom stereocenters. The Balaban J connectivity index is 1.80. The molecule has 6 heteroatoms. The molecule has 0 bridgehead atoms. The minimum atomic E-state index is -0.322. The zero-order chi connectivity index (χ0) is 14.4. The highest BCUT2D eigenvalue weighted by molar-refractivity contribution is 5.94. The molecular formula is C14H22N4O2. The normalized spacial score (nSPS) is 19.6. The Morgan fingerprint density at radius 1 is 1.50 bits per heavy atom. The van der Waals surface area contributed by atoms with Gasteiger partial charge >= 0.3 is 0 Å². The third kappa shape index (κ3) is 4.19. The molecule has 0 radical (unpaired) electrons.